The van der Waals surface area contributed by atoms with E-state index in [1.807, 2.05) is 18.3 Å². The molecule has 2 rings (SSSR count). The zero-order chi connectivity index (χ0) is 10.1. The summed E-state index contributed by atoms with van der Waals surface area (Å²) in [5, 5.41) is 1.15. The minimum atomic E-state index is -0.113. The van der Waals surface area contributed by atoms with Gasteiger partial charge in [-0.3, -0.25) is 0 Å². The number of fused-ring (bicyclic) bond motifs is 1. The van der Waals surface area contributed by atoms with Crippen LogP contribution in [0.15, 0.2) is 41.5 Å². The molecule has 0 amide bonds. The van der Waals surface area contributed by atoms with Crippen LogP contribution in [0.25, 0.3) is 10.9 Å². The molecule has 0 saturated heterocycles. The molecule has 2 aromatic rings. The maximum absolute atomic E-state index is 5.90. The first kappa shape index (κ1) is 9.49. The maximum atomic E-state index is 5.90. The molecule has 0 spiro atoms. The van der Waals surface area contributed by atoms with Crippen molar-refractivity contribution in [3.05, 3.63) is 47.1 Å². The first-order valence-electron chi connectivity index (χ1n) is 4.37. The van der Waals surface area contributed by atoms with Gasteiger partial charge in [0.1, 0.15) is 0 Å². The minimum Gasteiger partial charge on any atom is -0.361 e. The van der Waals surface area contributed by atoms with E-state index < -0.39 is 0 Å². The Bertz CT molecular complexity index is 473. The highest BCUT2D eigenvalue weighted by molar-refractivity contribution is 9.10. The van der Waals surface area contributed by atoms with Gasteiger partial charge in [0.05, 0.1) is 0 Å². The summed E-state index contributed by atoms with van der Waals surface area (Å²) in [5.41, 5.74) is 8.08. The van der Waals surface area contributed by atoms with Crippen molar-refractivity contribution < 1.29 is 0 Å². The molecule has 0 unspecified atom stereocenters. The van der Waals surface area contributed by atoms with E-state index in [0.29, 0.717) is 0 Å². The summed E-state index contributed by atoms with van der Waals surface area (Å²) < 4.78 is 1.06. The Morgan fingerprint density at radius 3 is 3.00 bits per heavy atom. The molecule has 0 fully saturated rings. The largest absolute Gasteiger partial charge is 0.361 e. The van der Waals surface area contributed by atoms with Crippen LogP contribution in [0.2, 0.25) is 0 Å². The third-order valence-electron chi connectivity index (χ3n) is 2.29. The van der Waals surface area contributed by atoms with E-state index in [1.54, 1.807) is 6.08 Å². The van der Waals surface area contributed by atoms with E-state index in [0.717, 1.165) is 20.9 Å². The van der Waals surface area contributed by atoms with Gasteiger partial charge in [-0.15, -0.1) is 6.58 Å². The number of halogens is 1. The van der Waals surface area contributed by atoms with Crippen molar-refractivity contribution in [2.24, 2.45) is 5.73 Å². The third kappa shape index (κ3) is 1.49. The average Bonchev–Trinajstić information content (AvgIpc) is 2.59. The molecule has 0 bridgehead atoms. The Morgan fingerprint density at radius 2 is 2.29 bits per heavy atom. The first-order valence-corrected chi connectivity index (χ1v) is 5.16. The molecule has 0 aliphatic carbocycles. The van der Waals surface area contributed by atoms with Crippen LogP contribution in [-0.2, 0) is 0 Å². The number of hydrogen-bond donors (Lipinski definition) is 2. The summed E-state index contributed by atoms with van der Waals surface area (Å²) in [5.74, 6) is 0. The van der Waals surface area contributed by atoms with Crippen molar-refractivity contribution in [2.75, 3.05) is 0 Å². The summed E-state index contributed by atoms with van der Waals surface area (Å²) >= 11 is 3.44. The second-order valence-electron chi connectivity index (χ2n) is 3.20. The molecular formula is C11H11BrN2. The number of aromatic nitrogens is 1. The standard InChI is InChI=1S/C11H11BrN2/c1-2-10(13)9-6-14-11-4-3-7(12)5-8(9)11/h2-6,10,14H,1,13H2/t10-/m1/s1. The van der Waals surface area contributed by atoms with Gasteiger partial charge in [-0.2, -0.15) is 0 Å². The molecule has 0 aliphatic heterocycles. The third-order valence-corrected chi connectivity index (χ3v) is 2.78. The molecule has 3 N–H and O–H groups in total. The van der Waals surface area contributed by atoms with Gasteiger partial charge >= 0.3 is 0 Å². The second-order valence-corrected chi connectivity index (χ2v) is 4.11. The van der Waals surface area contributed by atoms with Crippen LogP contribution in [0.3, 0.4) is 0 Å². The Hall–Kier alpha value is -1.06. The molecule has 2 nitrogen and oxygen atoms in total. The van der Waals surface area contributed by atoms with E-state index in [9.17, 15) is 0 Å². The van der Waals surface area contributed by atoms with Crippen LogP contribution in [0.1, 0.15) is 11.6 Å². The van der Waals surface area contributed by atoms with Crippen LogP contribution in [0, 0.1) is 0 Å². The molecule has 1 heterocycles. The van der Waals surface area contributed by atoms with E-state index in [1.165, 1.54) is 0 Å². The molecule has 0 saturated carbocycles. The Labute approximate surface area is 90.9 Å². The van der Waals surface area contributed by atoms with Crippen molar-refractivity contribution in [3.63, 3.8) is 0 Å². The number of aromatic amines is 1. The minimum absolute atomic E-state index is 0.113. The molecule has 0 radical (unpaired) electrons. The fraction of sp³-hybridized carbons (Fsp3) is 0.0909. The Morgan fingerprint density at radius 1 is 1.50 bits per heavy atom. The van der Waals surface area contributed by atoms with Gasteiger partial charge in [0.25, 0.3) is 0 Å². The molecule has 0 aliphatic rings. The quantitative estimate of drug-likeness (QED) is 0.791. The molecular weight excluding hydrogens is 240 g/mol. The van der Waals surface area contributed by atoms with Crippen LogP contribution in [0.5, 0.6) is 0 Å². The lowest BCUT2D eigenvalue weighted by Gasteiger charge is -2.03. The fourth-order valence-corrected chi connectivity index (χ4v) is 1.88. The van der Waals surface area contributed by atoms with Gasteiger partial charge < -0.3 is 10.7 Å². The van der Waals surface area contributed by atoms with Gasteiger partial charge in [0.2, 0.25) is 0 Å². The predicted molar refractivity (Wildman–Crippen MR) is 63.1 cm³/mol. The van der Waals surface area contributed by atoms with E-state index in [4.69, 9.17) is 5.73 Å². The highest BCUT2D eigenvalue weighted by atomic mass is 79.9. The number of rotatable bonds is 2. The van der Waals surface area contributed by atoms with Crippen LogP contribution >= 0.6 is 15.9 Å². The summed E-state index contributed by atoms with van der Waals surface area (Å²) in [6.07, 6.45) is 3.67. The molecule has 1 atom stereocenters. The normalized spacial score (nSPS) is 13.0. The summed E-state index contributed by atoms with van der Waals surface area (Å²) in [6.45, 7) is 3.70. The number of nitrogens with two attached hydrogens (primary N) is 1. The molecule has 14 heavy (non-hydrogen) atoms. The van der Waals surface area contributed by atoms with Crippen LogP contribution in [0.4, 0.5) is 0 Å². The molecule has 3 heteroatoms. The van der Waals surface area contributed by atoms with Crippen molar-refractivity contribution in [1.82, 2.24) is 4.98 Å². The van der Waals surface area contributed by atoms with Gasteiger partial charge in [-0.05, 0) is 23.8 Å². The van der Waals surface area contributed by atoms with Crippen molar-refractivity contribution >= 4 is 26.8 Å². The van der Waals surface area contributed by atoms with Crippen molar-refractivity contribution in [1.29, 1.82) is 0 Å². The fourth-order valence-electron chi connectivity index (χ4n) is 1.52. The van der Waals surface area contributed by atoms with E-state index in [-0.39, 0.29) is 6.04 Å². The zero-order valence-corrected chi connectivity index (χ0v) is 9.21. The Balaban J connectivity index is 2.66. The maximum Gasteiger partial charge on any atom is 0.0499 e. The SMILES string of the molecule is C=C[C@@H](N)c1c[nH]c2ccc(Br)cc12. The lowest BCUT2D eigenvalue weighted by Crippen LogP contribution is -2.05. The second kappa shape index (κ2) is 3.59. The zero-order valence-electron chi connectivity index (χ0n) is 7.63. The number of nitrogens with one attached hydrogen (secondary N) is 1. The number of H-pyrrole nitrogens is 1. The summed E-state index contributed by atoms with van der Waals surface area (Å²) in [4.78, 5) is 3.18. The average molecular weight is 251 g/mol. The van der Waals surface area contributed by atoms with Crippen molar-refractivity contribution in [2.45, 2.75) is 6.04 Å². The van der Waals surface area contributed by atoms with Gasteiger partial charge in [0, 0.05) is 27.6 Å². The monoisotopic (exact) mass is 250 g/mol. The highest BCUT2D eigenvalue weighted by Gasteiger charge is 2.08. The smallest absolute Gasteiger partial charge is 0.0499 e. The first-order chi connectivity index (χ1) is 6.72. The lowest BCUT2D eigenvalue weighted by atomic mass is 10.1. The van der Waals surface area contributed by atoms with E-state index in [2.05, 4.69) is 33.6 Å². The molecule has 1 aromatic carbocycles. The predicted octanol–water partition coefficient (Wildman–Crippen LogP) is 3.12. The molecule has 72 valence electrons. The van der Waals surface area contributed by atoms with Gasteiger partial charge in [-0.25, -0.2) is 0 Å². The lowest BCUT2D eigenvalue weighted by molar-refractivity contribution is 0.924. The Kier molecular flexibility index (Phi) is 2.44. The highest BCUT2D eigenvalue weighted by Crippen LogP contribution is 2.26. The van der Waals surface area contributed by atoms with Gasteiger partial charge in [-0.1, -0.05) is 22.0 Å². The summed E-state index contributed by atoms with van der Waals surface area (Å²) in [7, 11) is 0. The van der Waals surface area contributed by atoms with Crippen LogP contribution < -0.4 is 5.73 Å². The van der Waals surface area contributed by atoms with E-state index >= 15 is 0 Å². The number of benzene rings is 1. The summed E-state index contributed by atoms with van der Waals surface area (Å²) in [6, 6.07) is 5.98. The topological polar surface area (TPSA) is 41.8 Å². The number of hydrogen-bond acceptors (Lipinski definition) is 1. The van der Waals surface area contributed by atoms with Crippen molar-refractivity contribution in [3.8, 4) is 0 Å². The molecule has 1 aromatic heterocycles. The van der Waals surface area contributed by atoms with Gasteiger partial charge in [0.15, 0.2) is 0 Å². The van der Waals surface area contributed by atoms with Crippen LogP contribution in [-0.4, -0.2) is 4.98 Å².